The molecule has 110 valence electrons. The molecule has 0 aromatic carbocycles. The third-order valence-corrected chi connectivity index (χ3v) is 6.84. The highest BCUT2D eigenvalue weighted by atomic mass is 32.1. The molecule has 20 heavy (non-hydrogen) atoms. The zero-order chi connectivity index (χ0) is 13.5. The van der Waals surface area contributed by atoms with Crippen molar-refractivity contribution in [3.05, 3.63) is 22.4 Å². The second-order valence-electron chi connectivity index (χ2n) is 7.21. The van der Waals surface area contributed by atoms with Crippen molar-refractivity contribution in [3.63, 3.8) is 0 Å². The van der Waals surface area contributed by atoms with E-state index in [-0.39, 0.29) is 0 Å². The number of hydrogen-bond acceptors (Lipinski definition) is 3. The maximum atomic E-state index is 4.00. The highest BCUT2D eigenvalue weighted by molar-refractivity contribution is 7.09. The van der Waals surface area contributed by atoms with E-state index in [1.807, 2.05) is 11.3 Å². The summed E-state index contributed by atoms with van der Waals surface area (Å²) in [6.07, 6.45) is 11.3. The van der Waals surface area contributed by atoms with Crippen LogP contribution in [0, 0.1) is 0 Å². The Bertz CT molecular complexity index is 442. The minimum Gasteiger partial charge on any atom is -0.308 e. The molecule has 1 aromatic rings. The first kappa shape index (κ1) is 13.3. The summed E-state index contributed by atoms with van der Waals surface area (Å²) < 4.78 is 0. The van der Waals surface area contributed by atoms with Crippen LogP contribution in [0.3, 0.4) is 0 Å². The molecule has 0 bridgehead atoms. The Morgan fingerprint density at radius 1 is 1.10 bits per heavy atom. The van der Waals surface area contributed by atoms with Crippen LogP contribution in [0.25, 0.3) is 0 Å². The third kappa shape index (κ3) is 2.24. The molecule has 1 N–H and O–H groups in total. The molecule has 3 heteroatoms. The summed E-state index contributed by atoms with van der Waals surface area (Å²) in [5.74, 6) is 0. The molecule has 1 aliphatic heterocycles. The number of nitrogens with zero attached hydrogens (tertiary/aromatic N) is 1. The lowest BCUT2D eigenvalue weighted by Crippen LogP contribution is -2.68. The third-order valence-electron chi connectivity index (χ3n) is 5.98. The minimum atomic E-state index is 0.450. The van der Waals surface area contributed by atoms with Crippen molar-refractivity contribution >= 4 is 11.3 Å². The molecule has 3 fully saturated rings. The van der Waals surface area contributed by atoms with Crippen LogP contribution in [-0.4, -0.2) is 29.1 Å². The van der Waals surface area contributed by atoms with E-state index in [4.69, 9.17) is 0 Å². The summed E-state index contributed by atoms with van der Waals surface area (Å²) >= 11 is 1.93. The summed E-state index contributed by atoms with van der Waals surface area (Å²) in [7, 11) is 0. The Kier molecular flexibility index (Phi) is 3.40. The lowest BCUT2D eigenvalue weighted by molar-refractivity contribution is 0.00348. The molecule has 1 aromatic heterocycles. The van der Waals surface area contributed by atoms with Gasteiger partial charge in [0.1, 0.15) is 0 Å². The molecule has 0 radical (unpaired) electrons. The molecular formula is C17H26N2S. The Hall–Kier alpha value is -0.380. The Balaban J connectivity index is 1.58. The second kappa shape index (κ2) is 5.11. The summed E-state index contributed by atoms with van der Waals surface area (Å²) in [4.78, 5) is 4.42. The molecule has 0 atom stereocenters. The lowest BCUT2D eigenvalue weighted by atomic mass is 9.84. The SMILES string of the molecule is c1csc(CN2CC3(CCCC3)NCC23CCCC3)c1. The van der Waals surface area contributed by atoms with Crippen LogP contribution in [0.4, 0.5) is 0 Å². The van der Waals surface area contributed by atoms with E-state index in [0.29, 0.717) is 11.1 Å². The molecule has 1 saturated heterocycles. The van der Waals surface area contributed by atoms with E-state index in [9.17, 15) is 0 Å². The summed E-state index contributed by atoms with van der Waals surface area (Å²) in [6.45, 7) is 3.70. The van der Waals surface area contributed by atoms with Gasteiger partial charge in [-0.15, -0.1) is 11.3 Å². The second-order valence-corrected chi connectivity index (χ2v) is 8.24. The number of nitrogens with one attached hydrogen (secondary N) is 1. The van der Waals surface area contributed by atoms with Gasteiger partial charge in [0.15, 0.2) is 0 Å². The number of thiophene rings is 1. The standard InChI is InChI=1S/C17H26N2S/c1-2-8-16(7-1)14-19(12-15-6-5-11-20-15)17(13-18-16)9-3-4-10-17/h5-6,11,18H,1-4,7-10,12-14H2. The van der Waals surface area contributed by atoms with Gasteiger partial charge in [0.05, 0.1) is 0 Å². The van der Waals surface area contributed by atoms with Gasteiger partial charge in [0.2, 0.25) is 0 Å². The first-order valence-electron chi connectivity index (χ1n) is 8.33. The van der Waals surface area contributed by atoms with Crippen LogP contribution in [-0.2, 0) is 6.54 Å². The molecule has 0 unspecified atom stereocenters. The van der Waals surface area contributed by atoms with Crippen molar-refractivity contribution in [2.75, 3.05) is 13.1 Å². The van der Waals surface area contributed by atoms with E-state index < -0.39 is 0 Å². The molecule has 2 saturated carbocycles. The lowest BCUT2D eigenvalue weighted by Gasteiger charge is -2.52. The van der Waals surface area contributed by atoms with Crippen LogP contribution in [0.1, 0.15) is 56.2 Å². The smallest absolute Gasteiger partial charge is 0.0338 e. The van der Waals surface area contributed by atoms with Gasteiger partial charge in [-0.2, -0.15) is 0 Å². The number of hydrogen-bond donors (Lipinski definition) is 1. The van der Waals surface area contributed by atoms with Crippen molar-refractivity contribution in [1.82, 2.24) is 10.2 Å². The Labute approximate surface area is 126 Å². The topological polar surface area (TPSA) is 15.3 Å². The van der Waals surface area contributed by atoms with Crippen LogP contribution >= 0.6 is 11.3 Å². The van der Waals surface area contributed by atoms with Gasteiger partial charge < -0.3 is 5.32 Å². The molecule has 3 aliphatic rings. The van der Waals surface area contributed by atoms with Crippen molar-refractivity contribution in [2.24, 2.45) is 0 Å². The van der Waals surface area contributed by atoms with Crippen LogP contribution in [0.2, 0.25) is 0 Å². The molecule has 2 heterocycles. The molecule has 2 nitrogen and oxygen atoms in total. The zero-order valence-electron chi connectivity index (χ0n) is 12.4. The van der Waals surface area contributed by atoms with Gasteiger partial charge in [0.25, 0.3) is 0 Å². The fourth-order valence-corrected chi connectivity index (χ4v) is 5.50. The largest absolute Gasteiger partial charge is 0.308 e. The van der Waals surface area contributed by atoms with Gasteiger partial charge >= 0.3 is 0 Å². The van der Waals surface area contributed by atoms with E-state index >= 15 is 0 Å². The first-order chi connectivity index (χ1) is 9.80. The highest BCUT2D eigenvalue weighted by Gasteiger charge is 2.49. The summed E-state index contributed by atoms with van der Waals surface area (Å²) in [5, 5.41) is 6.22. The monoisotopic (exact) mass is 290 g/mol. The first-order valence-corrected chi connectivity index (χ1v) is 9.21. The van der Waals surface area contributed by atoms with Crippen LogP contribution in [0.15, 0.2) is 17.5 Å². The molecule has 4 rings (SSSR count). The van der Waals surface area contributed by atoms with Crippen molar-refractivity contribution in [2.45, 2.75) is 69.0 Å². The van der Waals surface area contributed by atoms with Gasteiger partial charge in [-0.05, 0) is 37.1 Å². The minimum absolute atomic E-state index is 0.450. The Morgan fingerprint density at radius 3 is 2.55 bits per heavy atom. The Morgan fingerprint density at radius 2 is 1.85 bits per heavy atom. The van der Waals surface area contributed by atoms with Gasteiger partial charge in [-0.1, -0.05) is 31.7 Å². The van der Waals surface area contributed by atoms with Crippen LogP contribution in [0.5, 0.6) is 0 Å². The normalized spacial score (nSPS) is 28.6. The predicted octanol–water partition coefficient (Wildman–Crippen LogP) is 3.78. The molecular weight excluding hydrogens is 264 g/mol. The summed E-state index contributed by atoms with van der Waals surface area (Å²) in [5.41, 5.74) is 0.920. The van der Waals surface area contributed by atoms with E-state index in [0.717, 1.165) is 0 Å². The van der Waals surface area contributed by atoms with Gasteiger partial charge in [0, 0.05) is 35.6 Å². The summed E-state index contributed by atoms with van der Waals surface area (Å²) in [6, 6.07) is 4.52. The number of piperazine rings is 1. The van der Waals surface area contributed by atoms with Gasteiger partial charge in [-0.25, -0.2) is 0 Å². The van der Waals surface area contributed by atoms with E-state index in [2.05, 4.69) is 27.7 Å². The van der Waals surface area contributed by atoms with Crippen molar-refractivity contribution in [1.29, 1.82) is 0 Å². The predicted molar refractivity (Wildman–Crippen MR) is 85.1 cm³/mol. The zero-order valence-corrected chi connectivity index (χ0v) is 13.2. The number of rotatable bonds is 2. The molecule has 0 amide bonds. The molecule has 2 spiro atoms. The maximum Gasteiger partial charge on any atom is 0.0338 e. The van der Waals surface area contributed by atoms with Crippen LogP contribution < -0.4 is 5.32 Å². The highest BCUT2D eigenvalue weighted by Crippen LogP contribution is 2.43. The molecule has 2 aliphatic carbocycles. The average Bonchev–Trinajstić information content (AvgIpc) is 3.18. The fraction of sp³-hybridized carbons (Fsp3) is 0.765. The van der Waals surface area contributed by atoms with Gasteiger partial charge in [-0.3, -0.25) is 4.90 Å². The maximum absolute atomic E-state index is 4.00. The van der Waals surface area contributed by atoms with E-state index in [1.165, 1.54) is 71.0 Å². The fourth-order valence-electron chi connectivity index (χ4n) is 4.78. The average molecular weight is 290 g/mol. The van der Waals surface area contributed by atoms with E-state index in [1.54, 1.807) is 4.88 Å². The van der Waals surface area contributed by atoms with Crippen molar-refractivity contribution < 1.29 is 0 Å². The quantitative estimate of drug-likeness (QED) is 0.892. The van der Waals surface area contributed by atoms with Crippen molar-refractivity contribution in [3.8, 4) is 0 Å².